The van der Waals surface area contributed by atoms with Gasteiger partial charge in [-0.25, -0.2) is 0 Å². The van der Waals surface area contributed by atoms with Crippen molar-refractivity contribution >= 4 is 41.0 Å². The number of rotatable bonds is 10. The molecule has 3 nitrogen and oxygen atoms in total. The van der Waals surface area contributed by atoms with Crippen LogP contribution in [0.5, 0.6) is 0 Å². The average molecular weight is 301 g/mol. The largest absolute Gasteiger partial charge is 0.355 e. The summed E-state index contributed by atoms with van der Waals surface area (Å²) in [5.74, 6) is 1.39. The van der Waals surface area contributed by atoms with Gasteiger partial charge in [-0.15, -0.1) is 0 Å². The molecule has 0 bridgehead atoms. The Morgan fingerprint density at radius 2 is 1.95 bits per heavy atom. The van der Waals surface area contributed by atoms with E-state index in [0.29, 0.717) is 25.3 Å². The van der Waals surface area contributed by atoms with Crippen molar-refractivity contribution < 1.29 is 9.59 Å². The molecule has 19 heavy (non-hydrogen) atoms. The van der Waals surface area contributed by atoms with Crippen molar-refractivity contribution in [1.29, 1.82) is 0 Å². The van der Waals surface area contributed by atoms with Crippen molar-refractivity contribution in [3.05, 3.63) is 0 Å². The Hall–Kier alpha value is -0.0951. The van der Waals surface area contributed by atoms with Crippen LogP contribution < -0.4 is 5.32 Å². The zero-order valence-electron chi connectivity index (χ0n) is 12.3. The summed E-state index contributed by atoms with van der Waals surface area (Å²) in [6.07, 6.45) is 1.79. The summed E-state index contributed by atoms with van der Waals surface area (Å²) in [5, 5.41) is 2.90. The molecule has 0 fully saturated rings. The first kappa shape index (κ1) is 18.9. The zero-order valence-corrected chi connectivity index (χ0v) is 14.0. The van der Waals surface area contributed by atoms with E-state index >= 15 is 0 Å². The van der Waals surface area contributed by atoms with Crippen LogP contribution in [0.1, 0.15) is 47.0 Å². The van der Waals surface area contributed by atoms with Gasteiger partial charge in [0.1, 0.15) is 0 Å². The molecule has 0 aromatic rings. The maximum absolute atomic E-state index is 11.4. The fourth-order valence-corrected chi connectivity index (χ4v) is 3.82. The Morgan fingerprint density at radius 1 is 1.32 bits per heavy atom. The normalized spacial score (nSPS) is 11.6. The van der Waals surface area contributed by atoms with Gasteiger partial charge in [0.15, 0.2) is 7.85 Å². The van der Waals surface area contributed by atoms with Gasteiger partial charge in [-0.1, -0.05) is 35.4 Å². The van der Waals surface area contributed by atoms with Crippen LogP contribution in [-0.2, 0) is 9.59 Å². The summed E-state index contributed by atoms with van der Waals surface area (Å²) in [6, 6.07) is 0. The van der Waals surface area contributed by atoms with Crippen LogP contribution in [-0.4, -0.2) is 36.5 Å². The van der Waals surface area contributed by atoms with Crippen LogP contribution in [0.4, 0.5) is 0 Å². The summed E-state index contributed by atoms with van der Waals surface area (Å²) in [6.45, 7) is 8.96. The molecule has 0 unspecified atom stereocenters. The van der Waals surface area contributed by atoms with E-state index in [9.17, 15) is 9.59 Å². The highest BCUT2D eigenvalue weighted by atomic mass is 33.1. The number of nitrogens with one attached hydrogen (secondary N) is 1. The highest BCUT2D eigenvalue weighted by Gasteiger charge is 2.19. The van der Waals surface area contributed by atoms with E-state index in [1.807, 2.05) is 13.8 Å². The SMILES string of the molecule is [B]C(=O)CCC(C)(C)SSCCNC(=O)CC(C)C. The van der Waals surface area contributed by atoms with Gasteiger partial charge in [0, 0.05) is 23.5 Å². The molecular weight excluding hydrogens is 277 g/mol. The number of carbonyl (C=O) groups is 2. The Morgan fingerprint density at radius 3 is 2.47 bits per heavy atom. The van der Waals surface area contributed by atoms with E-state index in [1.54, 1.807) is 21.6 Å². The fraction of sp³-hybridized carbons (Fsp3) is 0.846. The first-order chi connectivity index (χ1) is 8.73. The maximum atomic E-state index is 11.4. The molecule has 0 aliphatic heterocycles. The lowest BCUT2D eigenvalue weighted by Gasteiger charge is -2.22. The third-order valence-corrected chi connectivity index (χ3v) is 5.71. The van der Waals surface area contributed by atoms with E-state index in [-0.39, 0.29) is 16.3 Å². The van der Waals surface area contributed by atoms with Crippen LogP contribution in [0.25, 0.3) is 0 Å². The summed E-state index contributed by atoms with van der Waals surface area (Å²) >= 11 is 0. The molecule has 6 heteroatoms. The van der Waals surface area contributed by atoms with Gasteiger partial charge in [0.25, 0.3) is 0 Å². The van der Waals surface area contributed by atoms with Gasteiger partial charge in [-0.3, -0.25) is 4.79 Å². The average Bonchev–Trinajstić information content (AvgIpc) is 2.25. The zero-order chi connectivity index (χ0) is 14.9. The Bertz CT molecular complexity index is 296. The van der Waals surface area contributed by atoms with Crippen molar-refractivity contribution in [3.8, 4) is 0 Å². The fourth-order valence-electron chi connectivity index (χ4n) is 1.34. The molecule has 0 aliphatic carbocycles. The van der Waals surface area contributed by atoms with Crippen LogP contribution >= 0.6 is 21.6 Å². The molecule has 0 saturated carbocycles. The molecule has 108 valence electrons. The Labute approximate surface area is 126 Å². The lowest BCUT2D eigenvalue weighted by atomic mass is 9.94. The van der Waals surface area contributed by atoms with Gasteiger partial charge in [0.2, 0.25) is 5.91 Å². The molecule has 2 radical (unpaired) electrons. The van der Waals surface area contributed by atoms with Crippen LogP contribution in [0.3, 0.4) is 0 Å². The number of carbonyl (C=O) groups excluding carboxylic acids is 2. The highest BCUT2D eigenvalue weighted by Crippen LogP contribution is 2.38. The third kappa shape index (κ3) is 12.7. The van der Waals surface area contributed by atoms with Gasteiger partial charge in [0.05, 0.1) is 5.68 Å². The first-order valence-corrected chi connectivity index (χ1v) is 8.90. The van der Waals surface area contributed by atoms with Crippen molar-refractivity contribution in [2.75, 3.05) is 12.3 Å². The lowest BCUT2D eigenvalue weighted by molar-refractivity contribution is -0.121. The molecule has 0 aromatic carbocycles. The summed E-state index contributed by atoms with van der Waals surface area (Å²) < 4.78 is 0.0294. The minimum Gasteiger partial charge on any atom is -0.355 e. The molecule has 0 spiro atoms. The number of amides is 1. The predicted octanol–water partition coefficient (Wildman–Crippen LogP) is 2.78. The number of hydrogen-bond donors (Lipinski definition) is 1. The van der Waals surface area contributed by atoms with Gasteiger partial charge in [-0.2, -0.15) is 0 Å². The van der Waals surface area contributed by atoms with E-state index < -0.39 is 0 Å². The predicted molar refractivity (Wildman–Crippen MR) is 86.6 cm³/mol. The molecule has 0 aromatic heterocycles. The summed E-state index contributed by atoms with van der Waals surface area (Å²) in [4.78, 5) is 22.2. The molecule has 0 heterocycles. The van der Waals surface area contributed by atoms with Gasteiger partial charge >= 0.3 is 0 Å². The van der Waals surface area contributed by atoms with Crippen molar-refractivity contribution in [2.24, 2.45) is 5.92 Å². The van der Waals surface area contributed by atoms with Gasteiger partial charge < -0.3 is 10.1 Å². The Kier molecular flexibility index (Phi) is 9.70. The number of hydrogen-bond acceptors (Lipinski definition) is 4. The van der Waals surface area contributed by atoms with E-state index in [4.69, 9.17) is 7.85 Å². The molecular formula is C13H24BNO2S2. The second-order valence-electron chi connectivity index (χ2n) is 5.58. The standard InChI is InChI=1S/C13H24BNO2S2/c1-10(2)9-12(17)15-7-8-18-19-13(3,4)6-5-11(14)16/h10H,5-9H2,1-4H3,(H,15,17). The Balaban J connectivity index is 3.62. The van der Waals surface area contributed by atoms with Crippen molar-refractivity contribution in [3.63, 3.8) is 0 Å². The molecule has 0 aliphatic rings. The molecule has 1 amide bonds. The minimum absolute atomic E-state index is 0.0294. The molecule has 1 N–H and O–H groups in total. The maximum Gasteiger partial charge on any atom is 0.220 e. The van der Waals surface area contributed by atoms with E-state index in [0.717, 1.165) is 12.2 Å². The van der Waals surface area contributed by atoms with E-state index in [2.05, 4.69) is 19.2 Å². The van der Waals surface area contributed by atoms with Crippen LogP contribution in [0, 0.1) is 5.92 Å². The van der Waals surface area contributed by atoms with Crippen LogP contribution in [0.15, 0.2) is 0 Å². The molecule has 0 atom stereocenters. The topological polar surface area (TPSA) is 46.2 Å². The smallest absolute Gasteiger partial charge is 0.220 e. The summed E-state index contributed by atoms with van der Waals surface area (Å²) in [7, 11) is 8.61. The van der Waals surface area contributed by atoms with Gasteiger partial charge in [-0.05, 0) is 32.6 Å². The third-order valence-electron chi connectivity index (χ3n) is 2.36. The van der Waals surface area contributed by atoms with E-state index in [1.165, 1.54) is 0 Å². The molecule has 0 rings (SSSR count). The monoisotopic (exact) mass is 301 g/mol. The van der Waals surface area contributed by atoms with Crippen molar-refractivity contribution in [1.82, 2.24) is 5.32 Å². The second kappa shape index (κ2) is 9.75. The first-order valence-electron chi connectivity index (χ1n) is 6.58. The minimum atomic E-state index is -0.250. The lowest BCUT2D eigenvalue weighted by Crippen LogP contribution is -2.26. The quantitative estimate of drug-likeness (QED) is 0.383. The molecule has 0 saturated heterocycles. The van der Waals surface area contributed by atoms with Crippen molar-refractivity contribution in [2.45, 2.75) is 51.7 Å². The highest BCUT2D eigenvalue weighted by molar-refractivity contribution is 8.77. The van der Waals surface area contributed by atoms with Crippen LogP contribution in [0.2, 0.25) is 0 Å². The summed E-state index contributed by atoms with van der Waals surface area (Å²) in [5.41, 5.74) is -0.250. The second-order valence-corrected chi connectivity index (χ2v) is 8.70.